The fraction of sp³-hybridized carbons (Fsp3) is 0.852. The molecule has 9 nitrogen and oxygen atoms in total. The van der Waals surface area contributed by atoms with Crippen molar-refractivity contribution in [1.29, 1.82) is 0 Å². The summed E-state index contributed by atoms with van der Waals surface area (Å²) in [5.74, 6) is -0.519. The minimum absolute atomic E-state index is 0.0829. The molecule has 0 spiro atoms. The third-order valence-corrected chi connectivity index (χ3v) is 12.8. The number of carbonyl (C=O) groups excluding carboxylic acids is 2. The molecule has 0 aromatic heterocycles. The summed E-state index contributed by atoms with van der Waals surface area (Å²) in [7, 11) is -4.43. The van der Waals surface area contributed by atoms with Crippen LogP contribution in [0.1, 0.15) is 264 Å². The molecule has 3 N–H and O–H groups in total. The third kappa shape index (κ3) is 51.2. The van der Waals surface area contributed by atoms with E-state index in [1.807, 2.05) is 0 Å². The van der Waals surface area contributed by atoms with E-state index in [4.69, 9.17) is 13.8 Å². The number of rotatable bonds is 51. The Balaban J connectivity index is 3.53. The fourth-order valence-corrected chi connectivity index (χ4v) is 8.50. The highest BCUT2D eigenvalue weighted by atomic mass is 31.2. The van der Waals surface area contributed by atoms with Gasteiger partial charge in [-0.1, -0.05) is 237 Å². The molecule has 0 saturated heterocycles. The zero-order chi connectivity index (χ0) is 46.7. The van der Waals surface area contributed by atoms with Crippen LogP contribution < -0.4 is 5.32 Å². The smallest absolute Gasteiger partial charge is 0.463 e. The van der Waals surface area contributed by atoms with E-state index in [0.29, 0.717) is 6.42 Å². The number of phosphoric ester groups is 1. The summed E-state index contributed by atoms with van der Waals surface area (Å²) in [5, 5.41) is 12.8. The van der Waals surface area contributed by atoms with E-state index in [0.717, 1.165) is 64.2 Å². The summed E-state index contributed by atoms with van der Waals surface area (Å²) in [5.41, 5.74) is 0. The van der Waals surface area contributed by atoms with Crippen molar-refractivity contribution in [1.82, 2.24) is 5.32 Å². The molecule has 0 aliphatic carbocycles. The van der Waals surface area contributed by atoms with Crippen molar-refractivity contribution >= 4 is 19.7 Å². The lowest BCUT2D eigenvalue weighted by atomic mass is 10.0. The maximum absolute atomic E-state index is 12.2. The van der Waals surface area contributed by atoms with E-state index in [2.05, 4.69) is 55.6 Å². The number of allylic oxidation sites excluding steroid dienone is 6. The van der Waals surface area contributed by atoms with Crippen LogP contribution in [0.4, 0.5) is 0 Å². The molecule has 0 aliphatic heterocycles. The number of phosphoric acid groups is 1. The number of aliphatic hydroxyl groups excluding tert-OH is 1. The van der Waals surface area contributed by atoms with Crippen molar-refractivity contribution in [3.63, 3.8) is 0 Å². The van der Waals surface area contributed by atoms with Gasteiger partial charge in [-0.25, -0.2) is 4.57 Å². The molecule has 0 aliphatic rings. The molecule has 376 valence electrons. The number of hydrogen-bond donors (Lipinski definition) is 3. The first-order chi connectivity index (χ1) is 31.3. The van der Waals surface area contributed by atoms with Crippen molar-refractivity contribution in [3.05, 3.63) is 36.5 Å². The number of hydrogen-bond acceptors (Lipinski definition) is 7. The predicted molar refractivity (Wildman–Crippen MR) is 271 cm³/mol. The van der Waals surface area contributed by atoms with Gasteiger partial charge in [0, 0.05) is 19.4 Å². The Morgan fingerprint density at radius 3 is 1.30 bits per heavy atom. The summed E-state index contributed by atoms with van der Waals surface area (Å²) in [4.78, 5) is 34.1. The van der Waals surface area contributed by atoms with Crippen LogP contribution in [-0.4, -0.2) is 54.3 Å². The van der Waals surface area contributed by atoms with Crippen molar-refractivity contribution in [2.24, 2.45) is 0 Å². The molecule has 64 heavy (non-hydrogen) atoms. The van der Waals surface area contributed by atoms with E-state index in [1.165, 1.54) is 173 Å². The van der Waals surface area contributed by atoms with Crippen LogP contribution in [0.15, 0.2) is 36.5 Å². The SMILES string of the molecule is CCCCC/C=C\C/C=C\C/C=C\CCCCCCCCC(=O)OCC(O)COP(=O)(O)OCCNC(=O)CCCCCCCCCCCCCCCCCCCCCCCCCC. The highest BCUT2D eigenvalue weighted by Gasteiger charge is 2.23. The normalized spacial score (nSPS) is 13.4. The molecule has 0 saturated carbocycles. The van der Waals surface area contributed by atoms with Crippen LogP contribution in [0, 0.1) is 0 Å². The molecule has 0 aromatic carbocycles. The zero-order valence-electron chi connectivity index (χ0n) is 41.7. The zero-order valence-corrected chi connectivity index (χ0v) is 42.6. The van der Waals surface area contributed by atoms with Crippen LogP contribution in [0.25, 0.3) is 0 Å². The van der Waals surface area contributed by atoms with Gasteiger partial charge in [0.1, 0.15) is 12.7 Å². The van der Waals surface area contributed by atoms with Gasteiger partial charge in [0.25, 0.3) is 0 Å². The minimum Gasteiger partial charge on any atom is -0.463 e. The van der Waals surface area contributed by atoms with Crippen molar-refractivity contribution in [3.8, 4) is 0 Å². The van der Waals surface area contributed by atoms with Crippen LogP contribution in [0.2, 0.25) is 0 Å². The van der Waals surface area contributed by atoms with Gasteiger partial charge in [-0.15, -0.1) is 0 Å². The van der Waals surface area contributed by atoms with E-state index in [-0.39, 0.29) is 32.1 Å². The van der Waals surface area contributed by atoms with Crippen LogP contribution >= 0.6 is 7.82 Å². The van der Waals surface area contributed by atoms with Gasteiger partial charge in [-0.3, -0.25) is 18.6 Å². The summed E-state index contributed by atoms with van der Waals surface area (Å²) < 4.78 is 27.0. The Morgan fingerprint density at radius 1 is 0.484 bits per heavy atom. The number of carbonyl (C=O) groups is 2. The molecule has 0 aromatic rings. The summed E-state index contributed by atoms with van der Waals surface area (Å²) in [6.07, 6.45) is 59.5. The van der Waals surface area contributed by atoms with Gasteiger partial charge >= 0.3 is 13.8 Å². The number of unbranched alkanes of at least 4 members (excludes halogenated alkanes) is 32. The van der Waals surface area contributed by atoms with Crippen molar-refractivity contribution < 1.29 is 37.9 Å². The molecule has 0 fully saturated rings. The fourth-order valence-electron chi connectivity index (χ4n) is 7.74. The molecule has 10 heteroatoms. The third-order valence-electron chi connectivity index (χ3n) is 11.8. The Labute approximate surface area is 394 Å². The average molecular weight is 924 g/mol. The first-order valence-corrected chi connectivity index (χ1v) is 28.5. The number of nitrogens with one attached hydrogen (secondary N) is 1. The van der Waals surface area contributed by atoms with Gasteiger partial charge in [0.15, 0.2) is 0 Å². The Morgan fingerprint density at radius 2 is 0.844 bits per heavy atom. The highest BCUT2D eigenvalue weighted by molar-refractivity contribution is 7.47. The maximum Gasteiger partial charge on any atom is 0.472 e. The van der Waals surface area contributed by atoms with Gasteiger partial charge in [-0.2, -0.15) is 0 Å². The lowest BCUT2D eigenvalue weighted by molar-refractivity contribution is -0.147. The first kappa shape index (κ1) is 62.2. The molecular weight excluding hydrogens is 822 g/mol. The van der Waals surface area contributed by atoms with Gasteiger partial charge < -0.3 is 20.1 Å². The van der Waals surface area contributed by atoms with Crippen LogP contribution in [-0.2, 0) is 27.9 Å². The standard InChI is InChI=1S/C54H102NO8P/c1-3-5-7-9-11-13-15-17-19-21-23-24-25-26-27-29-30-32-34-36-38-40-42-44-46-53(57)55-48-49-62-64(59,60)63-51-52(56)50-61-54(58)47-45-43-41-39-37-35-33-31-28-22-20-18-16-14-12-10-8-6-4-2/h12,14,18,20,28,31,52,56H,3-11,13,15-17,19,21-27,29-30,32-51H2,1-2H3,(H,55,57)(H,59,60)/b14-12-,20-18-,31-28-. The van der Waals surface area contributed by atoms with E-state index >= 15 is 0 Å². The molecule has 0 bridgehead atoms. The van der Waals surface area contributed by atoms with Gasteiger partial charge in [0.2, 0.25) is 5.91 Å². The number of aliphatic hydroxyl groups is 1. The van der Waals surface area contributed by atoms with Gasteiger partial charge in [0.05, 0.1) is 13.2 Å². The van der Waals surface area contributed by atoms with Crippen molar-refractivity contribution in [2.45, 2.75) is 270 Å². The largest absolute Gasteiger partial charge is 0.472 e. The van der Waals surface area contributed by atoms with Gasteiger partial charge in [-0.05, 0) is 51.4 Å². The first-order valence-electron chi connectivity index (χ1n) is 27.0. The molecule has 1 amide bonds. The quantitative estimate of drug-likeness (QED) is 0.0238. The topological polar surface area (TPSA) is 131 Å². The number of ether oxygens (including phenoxy) is 1. The molecule has 0 radical (unpaired) electrons. The Kier molecular flexibility index (Phi) is 49.2. The predicted octanol–water partition coefficient (Wildman–Crippen LogP) is 16.1. The summed E-state index contributed by atoms with van der Waals surface area (Å²) >= 11 is 0. The van der Waals surface area contributed by atoms with E-state index in [1.54, 1.807) is 0 Å². The highest BCUT2D eigenvalue weighted by Crippen LogP contribution is 2.42. The van der Waals surface area contributed by atoms with E-state index < -0.39 is 26.5 Å². The molecular formula is C54H102NO8P. The van der Waals surface area contributed by atoms with Crippen molar-refractivity contribution in [2.75, 3.05) is 26.4 Å². The summed E-state index contributed by atoms with van der Waals surface area (Å²) in [6, 6.07) is 0. The van der Waals surface area contributed by atoms with E-state index in [9.17, 15) is 24.2 Å². The average Bonchev–Trinajstić information content (AvgIpc) is 3.28. The second kappa shape index (κ2) is 50.6. The molecule has 2 unspecified atom stereocenters. The number of amides is 1. The monoisotopic (exact) mass is 924 g/mol. The minimum atomic E-state index is -4.43. The Bertz CT molecular complexity index is 1140. The van der Waals surface area contributed by atoms with Crippen LogP contribution in [0.5, 0.6) is 0 Å². The molecule has 0 heterocycles. The number of esters is 1. The lowest BCUT2D eigenvalue weighted by Crippen LogP contribution is -2.27. The summed E-state index contributed by atoms with van der Waals surface area (Å²) in [6.45, 7) is 3.56. The second-order valence-corrected chi connectivity index (χ2v) is 19.7. The Hall–Kier alpha value is -1.77. The maximum atomic E-state index is 12.2. The molecule has 0 rings (SSSR count). The second-order valence-electron chi connectivity index (χ2n) is 18.2. The lowest BCUT2D eigenvalue weighted by Gasteiger charge is -2.15. The van der Waals surface area contributed by atoms with Crippen LogP contribution in [0.3, 0.4) is 0 Å². The molecule has 2 atom stereocenters.